The van der Waals surface area contributed by atoms with Crippen LogP contribution in [0.3, 0.4) is 0 Å². The van der Waals surface area contributed by atoms with Gasteiger partial charge in [0.15, 0.2) is 9.76 Å². The first-order valence-corrected chi connectivity index (χ1v) is 13.8. The maximum Gasteiger partial charge on any atom is 0.161 e. The monoisotopic (exact) mass is 415 g/mol. The highest BCUT2D eigenvalue weighted by Gasteiger charge is 2.34. The van der Waals surface area contributed by atoms with Crippen LogP contribution >= 0.6 is 0 Å². The van der Waals surface area contributed by atoms with E-state index in [-0.39, 0.29) is 0 Å². The van der Waals surface area contributed by atoms with E-state index < -0.39 is 9.76 Å². The fraction of sp³-hybridized carbons (Fsp3) is 1.00. The topological polar surface area (TPSA) is 19.0 Å². The second-order valence-corrected chi connectivity index (χ2v) is 9.91. The van der Waals surface area contributed by atoms with Crippen LogP contribution in [0.1, 0.15) is 74.7 Å². The maximum absolute atomic E-state index is 6.25. The van der Waals surface area contributed by atoms with Crippen molar-refractivity contribution in [2.75, 3.05) is 58.9 Å². The highest BCUT2D eigenvalue weighted by Crippen LogP contribution is 2.29. The summed E-state index contributed by atoms with van der Waals surface area (Å²) in [6, 6.07) is 1.30. The van der Waals surface area contributed by atoms with Gasteiger partial charge in [-0.3, -0.25) is 0 Å². The molecule has 1 atom stereocenters. The molecule has 0 aromatic heterocycles. The second-order valence-electron chi connectivity index (χ2n) is 8.46. The molecule has 170 valence electrons. The third-order valence-corrected chi connectivity index (χ3v) is 7.76. The number of hydrogen-bond donors (Lipinski definition) is 0. The zero-order valence-corrected chi connectivity index (χ0v) is 22.1. The largest absolute Gasteiger partial charge is 0.421 e. The number of nitrogens with zero attached hydrogens (tertiary/aromatic N) is 3. The van der Waals surface area contributed by atoms with E-state index in [1.165, 1.54) is 44.9 Å². The van der Waals surface area contributed by atoms with Gasteiger partial charge < -0.3 is 19.1 Å². The van der Waals surface area contributed by atoms with Crippen molar-refractivity contribution in [3.05, 3.63) is 0 Å². The summed E-state index contributed by atoms with van der Waals surface area (Å²) in [5.74, 6) is 0. The van der Waals surface area contributed by atoms with Gasteiger partial charge in [-0.2, -0.15) is 0 Å². The Balaban J connectivity index is 5.34. The van der Waals surface area contributed by atoms with Crippen LogP contribution in [0.25, 0.3) is 0 Å². The van der Waals surface area contributed by atoms with Gasteiger partial charge in [0.25, 0.3) is 0 Å². The van der Waals surface area contributed by atoms with Gasteiger partial charge in [0, 0.05) is 31.2 Å². The lowest BCUT2D eigenvalue weighted by Crippen LogP contribution is -2.52. The minimum absolute atomic E-state index is 0.342. The molecule has 4 nitrogen and oxygen atoms in total. The normalized spacial score (nSPS) is 14.2. The molecule has 0 aromatic rings. The average Bonchev–Trinajstić information content (AvgIpc) is 2.71. The Morgan fingerprint density at radius 2 is 1.11 bits per heavy atom. The van der Waals surface area contributed by atoms with E-state index in [0.29, 0.717) is 11.5 Å². The quantitative estimate of drug-likeness (QED) is 0.233. The van der Waals surface area contributed by atoms with Gasteiger partial charge >= 0.3 is 0 Å². The zero-order chi connectivity index (χ0) is 21.4. The molecule has 0 amide bonds. The van der Waals surface area contributed by atoms with Crippen LogP contribution in [-0.4, -0.2) is 89.5 Å². The summed E-state index contributed by atoms with van der Waals surface area (Å²) in [7, 11) is -0.431. The summed E-state index contributed by atoms with van der Waals surface area (Å²) >= 11 is 0. The van der Waals surface area contributed by atoms with Gasteiger partial charge in [0.05, 0.1) is 0 Å². The zero-order valence-electron chi connectivity index (χ0n) is 20.7. The Hall–Kier alpha value is 0.0569. The lowest BCUT2D eigenvalue weighted by atomic mass is 9.82. The van der Waals surface area contributed by atoms with Crippen LogP contribution in [0.5, 0.6) is 0 Å². The van der Waals surface area contributed by atoms with Crippen molar-refractivity contribution < 1.29 is 4.43 Å². The van der Waals surface area contributed by atoms with E-state index in [9.17, 15) is 0 Å². The molecule has 0 fully saturated rings. The lowest BCUT2D eigenvalue weighted by molar-refractivity contribution is 0.0582. The van der Waals surface area contributed by atoms with Crippen molar-refractivity contribution in [3.63, 3.8) is 0 Å². The first kappa shape index (κ1) is 28.1. The summed E-state index contributed by atoms with van der Waals surface area (Å²) in [5, 5.41) is 0. The van der Waals surface area contributed by atoms with Gasteiger partial charge in [-0.05, 0) is 65.1 Å². The van der Waals surface area contributed by atoms with E-state index in [0.717, 1.165) is 39.3 Å². The predicted octanol–water partition coefficient (Wildman–Crippen LogP) is 4.10. The van der Waals surface area contributed by atoms with E-state index in [1.807, 2.05) is 0 Å². The Bertz CT molecular complexity index is 309. The Labute approximate surface area is 180 Å². The number of rotatable bonds is 19. The average molecular weight is 416 g/mol. The highest BCUT2D eigenvalue weighted by atomic mass is 28.2. The Kier molecular flexibility index (Phi) is 16.8. The molecule has 0 aliphatic carbocycles. The fourth-order valence-electron chi connectivity index (χ4n) is 4.37. The molecule has 0 spiro atoms. The van der Waals surface area contributed by atoms with Gasteiger partial charge in [-0.1, -0.05) is 54.9 Å². The fourth-order valence-corrected chi connectivity index (χ4v) is 6.00. The molecule has 0 aliphatic heterocycles. The van der Waals surface area contributed by atoms with E-state index in [2.05, 4.69) is 70.1 Å². The first-order chi connectivity index (χ1) is 13.4. The molecular formula is C23H53N3OSi. The first-order valence-electron chi connectivity index (χ1n) is 12.2. The molecule has 0 rings (SSSR count). The van der Waals surface area contributed by atoms with Gasteiger partial charge in [0.1, 0.15) is 0 Å². The van der Waals surface area contributed by atoms with Crippen molar-refractivity contribution in [1.29, 1.82) is 0 Å². The van der Waals surface area contributed by atoms with Crippen molar-refractivity contribution in [2.45, 2.75) is 86.8 Å². The predicted molar refractivity (Wildman–Crippen MR) is 129 cm³/mol. The Morgan fingerprint density at radius 3 is 1.43 bits per heavy atom. The molecule has 0 heterocycles. The SMILES string of the molecule is CCCC(C)O[SiH2]CCC(CN(CC)CC)(CN(CC)CC)CN(CC)CC. The third-order valence-electron chi connectivity index (χ3n) is 6.31. The van der Waals surface area contributed by atoms with Crippen LogP contribution in [0.4, 0.5) is 0 Å². The Morgan fingerprint density at radius 1 is 0.714 bits per heavy atom. The molecule has 1 unspecified atom stereocenters. The van der Waals surface area contributed by atoms with Crippen LogP contribution in [0.15, 0.2) is 0 Å². The van der Waals surface area contributed by atoms with Gasteiger partial charge in [-0.15, -0.1) is 0 Å². The molecular weight excluding hydrogens is 362 g/mol. The van der Waals surface area contributed by atoms with Crippen molar-refractivity contribution >= 4 is 9.76 Å². The third kappa shape index (κ3) is 11.3. The number of hydrogen-bond acceptors (Lipinski definition) is 4. The van der Waals surface area contributed by atoms with Crippen LogP contribution < -0.4 is 0 Å². The minimum atomic E-state index is -0.431. The molecule has 0 saturated heterocycles. The summed E-state index contributed by atoms with van der Waals surface area (Å²) in [4.78, 5) is 7.94. The molecule has 0 aliphatic rings. The van der Waals surface area contributed by atoms with Crippen molar-refractivity contribution in [3.8, 4) is 0 Å². The van der Waals surface area contributed by atoms with Crippen LogP contribution in [-0.2, 0) is 4.43 Å². The molecule has 0 bridgehead atoms. The molecule has 0 radical (unpaired) electrons. The minimum Gasteiger partial charge on any atom is -0.421 e. The van der Waals surface area contributed by atoms with Crippen LogP contribution in [0, 0.1) is 5.41 Å². The molecule has 0 aromatic carbocycles. The summed E-state index contributed by atoms with van der Waals surface area (Å²) in [6.07, 6.45) is 4.20. The van der Waals surface area contributed by atoms with Crippen molar-refractivity contribution in [2.24, 2.45) is 5.41 Å². The highest BCUT2D eigenvalue weighted by molar-refractivity contribution is 6.27. The van der Waals surface area contributed by atoms with E-state index >= 15 is 0 Å². The molecule has 5 heteroatoms. The van der Waals surface area contributed by atoms with E-state index in [1.54, 1.807) is 0 Å². The summed E-state index contributed by atoms with van der Waals surface area (Å²) in [6.45, 7) is 28.9. The molecule has 0 N–H and O–H groups in total. The second kappa shape index (κ2) is 16.8. The lowest BCUT2D eigenvalue weighted by Gasteiger charge is -2.44. The molecule has 28 heavy (non-hydrogen) atoms. The van der Waals surface area contributed by atoms with Gasteiger partial charge in [-0.25, -0.2) is 0 Å². The smallest absolute Gasteiger partial charge is 0.161 e. The summed E-state index contributed by atoms with van der Waals surface area (Å²) < 4.78 is 6.25. The van der Waals surface area contributed by atoms with Crippen LogP contribution in [0.2, 0.25) is 6.04 Å². The summed E-state index contributed by atoms with van der Waals surface area (Å²) in [5.41, 5.74) is 0.342. The van der Waals surface area contributed by atoms with Crippen molar-refractivity contribution in [1.82, 2.24) is 14.7 Å². The molecule has 0 saturated carbocycles. The standard InChI is InChI=1S/C23H53N3OSi/c1-9-16-22(8)27-28-18-17-23(19-24(10-2)11-3,20-25(12-4)13-5)21-26(14-6)15-7/h22H,9-21,28H2,1-8H3. The van der Waals surface area contributed by atoms with Gasteiger partial charge in [0.2, 0.25) is 0 Å². The van der Waals surface area contributed by atoms with E-state index in [4.69, 9.17) is 4.43 Å². The maximum atomic E-state index is 6.25.